The molecule has 0 amide bonds. The van der Waals surface area contributed by atoms with Gasteiger partial charge >= 0.3 is 0 Å². The van der Waals surface area contributed by atoms with E-state index in [2.05, 4.69) is 11.9 Å². The molecule has 0 aliphatic carbocycles. The Bertz CT molecular complexity index is 183. The summed E-state index contributed by atoms with van der Waals surface area (Å²) in [7, 11) is 0. The van der Waals surface area contributed by atoms with Crippen molar-refractivity contribution in [3.05, 3.63) is 12.2 Å². The molecule has 0 heterocycles. The molecule has 0 bridgehead atoms. The monoisotopic (exact) mass is 231 g/mol. The van der Waals surface area contributed by atoms with Gasteiger partial charge in [-0.2, -0.15) is 0 Å². The van der Waals surface area contributed by atoms with Gasteiger partial charge in [-0.05, 0) is 20.8 Å². The maximum Gasteiger partial charge on any atom is 0.0897 e. The topological polar surface area (TPSA) is 50.7 Å². The molecule has 1 atom stereocenters. The molecule has 0 aromatic carbocycles. The van der Waals surface area contributed by atoms with Crippen LogP contribution in [0.25, 0.3) is 0 Å². The number of aliphatic hydroxyl groups excluding tert-OH is 1. The molecular formula is C12H25NO3. The second kappa shape index (κ2) is 9.78. The van der Waals surface area contributed by atoms with E-state index in [9.17, 15) is 5.11 Å². The Balaban J connectivity index is 3.21. The lowest BCUT2D eigenvalue weighted by molar-refractivity contribution is 0.00585. The molecule has 0 aromatic rings. The van der Waals surface area contributed by atoms with E-state index in [0.717, 1.165) is 12.1 Å². The lowest BCUT2D eigenvalue weighted by atomic mass is 10.3. The fourth-order valence-corrected chi connectivity index (χ4v) is 1.02. The third-order valence-corrected chi connectivity index (χ3v) is 1.77. The summed E-state index contributed by atoms with van der Waals surface area (Å²) in [6, 6.07) is 0. The Morgan fingerprint density at radius 1 is 1.44 bits per heavy atom. The van der Waals surface area contributed by atoms with Gasteiger partial charge in [0.1, 0.15) is 0 Å². The van der Waals surface area contributed by atoms with Crippen molar-refractivity contribution in [2.45, 2.75) is 33.0 Å². The molecule has 2 N–H and O–H groups in total. The van der Waals surface area contributed by atoms with Gasteiger partial charge in [-0.1, -0.05) is 12.2 Å². The predicted octanol–water partition coefficient (Wildman–Crippen LogP) is 0.955. The number of aliphatic hydroxyl groups is 1. The third kappa shape index (κ3) is 11.7. The molecule has 0 saturated heterocycles. The second-order valence-electron chi connectivity index (χ2n) is 4.25. The van der Waals surface area contributed by atoms with Gasteiger partial charge < -0.3 is 19.9 Å². The summed E-state index contributed by atoms with van der Waals surface area (Å²) in [5.41, 5.74) is 1.02. The number of nitrogens with one attached hydrogen (secondary N) is 1. The average molecular weight is 231 g/mol. The first kappa shape index (κ1) is 15.6. The van der Waals surface area contributed by atoms with E-state index in [1.54, 1.807) is 0 Å². The summed E-state index contributed by atoms with van der Waals surface area (Å²) in [6.45, 7) is 12.4. The largest absolute Gasteiger partial charge is 0.389 e. The van der Waals surface area contributed by atoms with E-state index < -0.39 is 6.10 Å². The van der Waals surface area contributed by atoms with Crippen LogP contribution in [0.5, 0.6) is 0 Å². The van der Waals surface area contributed by atoms with Crippen molar-refractivity contribution in [2.24, 2.45) is 0 Å². The van der Waals surface area contributed by atoms with Crippen LogP contribution < -0.4 is 5.32 Å². The van der Waals surface area contributed by atoms with Crippen molar-refractivity contribution in [3.8, 4) is 0 Å². The summed E-state index contributed by atoms with van der Waals surface area (Å²) >= 11 is 0. The van der Waals surface area contributed by atoms with E-state index in [1.807, 2.05) is 20.8 Å². The highest BCUT2D eigenvalue weighted by Crippen LogP contribution is 1.91. The molecule has 0 fully saturated rings. The number of hydrogen-bond donors (Lipinski definition) is 2. The van der Waals surface area contributed by atoms with Crippen LogP contribution in [0.4, 0.5) is 0 Å². The van der Waals surface area contributed by atoms with Gasteiger partial charge in [0.2, 0.25) is 0 Å². The molecule has 0 rings (SSSR count). The fourth-order valence-electron chi connectivity index (χ4n) is 1.02. The second-order valence-corrected chi connectivity index (χ2v) is 4.25. The van der Waals surface area contributed by atoms with Crippen LogP contribution in [0.15, 0.2) is 12.2 Å². The Hall–Kier alpha value is -0.420. The molecule has 4 nitrogen and oxygen atoms in total. The molecule has 0 aliphatic heterocycles. The van der Waals surface area contributed by atoms with Gasteiger partial charge in [0.15, 0.2) is 0 Å². The fraction of sp³-hybridized carbons (Fsp3) is 0.833. The van der Waals surface area contributed by atoms with Crippen LogP contribution in [0.2, 0.25) is 0 Å². The quantitative estimate of drug-likeness (QED) is 0.434. The summed E-state index contributed by atoms with van der Waals surface area (Å²) in [5, 5.41) is 12.6. The predicted molar refractivity (Wildman–Crippen MR) is 65.6 cm³/mol. The number of rotatable bonds is 10. The van der Waals surface area contributed by atoms with E-state index in [4.69, 9.17) is 9.47 Å². The first-order valence-corrected chi connectivity index (χ1v) is 5.75. The molecule has 96 valence electrons. The van der Waals surface area contributed by atoms with E-state index >= 15 is 0 Å². The lowest BCUT2D eigenvalue weighted by Gasteiger charge is -2.14. The molecule has 0 saturated carbocycles. The van der Waals surface area contributed by atoms with Crippen LogP contribution in [0.3, 0.4) is 0 Å². The number of ether oxygens (including phenoxy) is 2. The van der Waals surface area contributed by atoms with Gasteiger partial charge in [0, 0.05) is 13.1 Å². The molecule has 0 radical (unpaired) electrons. The van der Waals surface area contributed by atoms with Crippen LogP contribution in [0, 0.1) is 0 Å². The maximum absolute atomic E-state index is 9.50. The van der Waals surface area contributed by atoms with Crippen molar-refractivity contribution >= 4 is 0 Å². The van der Waals surface area contributed by atoms with Crippen molar-refractivity contribution < 1.29 is 14.6 Å². The molecule has 1 unspecified atom stereocenters. The number of hydrogen-bond acceptors (Lipinski definition) is 4. The molecular weight excluding hydrogens is 206 g/mol. The zero-order valence-electron chi connectivity index (χ0n) is 10.7. The molecule has 16 heavy (non-hydrogen) atoms. The molecule has 0 spiro atoms. The Morgan fingerprint density at radius 2 is 2.12 bits per heavy atom. The molecule has 0 aliphatic rings. The van der Waals surface area contributed by atoms with Crippen molar-refractivity contribution in [1.82, 2.24) is 5.32 Å². The van der Waals surface area contributed by atoms with E-state index in [1.165, 1.54) is 0 Å². The van der Waals surface area contributed by atoms with Gasteiger partial charge in [0.05, 0.1) is 32.0 Å². The minimum Gasteiger partial charge on any atom is -0.389 e. The zero-order valence-corrected chi connectivity index (χ0v) is 10.7. The highest BCUT2D eigenvalue weighted by molar-refractivity contribution is 4.87. The van der Waals surface area contributed by atoms with Crippen LogP contribution >= 0.6 is 0 Å². The SMILES string of the molecule is C=C(C)COCCNCC(O)COC(C)C. The van der Waals surface area contributed by atoms with Gasteiger partial charge in [-0.3, -0.25) is 0 Å². The molecule has 4 heteroatoms. The van der Waals surface area contributed by atoms with Gasteiger partial charge in [-0.25, -0.2) is 0 Å². The Morgan fingerprint density at radius 3 is 2.69 bits per heavy atom. The Kier molecular flexibility index (Phi) is 9.52. The highest BCUT2D eigenvalue weighted by Gasteiger charge is 2.04. The van der Waals surface area contributed by atoms with Crippen LogP contribution in [-0.4, -0.2) is 50.2 Å². The first-order valence-electron chi connectivity index (χ1n) is 5.75. The standard InChI is InChI=1S/C12H25NO3/c1-10(2)8-15-6-5-13-7-12(14)9-16-11(3)4/h11-14H,1,5-9H2,2-4H3. The lowest BCUT2D eigenvalue weighted by Crippen LogP contribution is -2.33. The zero-order chi connectivity index (χ0) is 12.4. The smallest absolute Gasteiger partial charge is 0.0897 e. The summed E-state index contributed by atoms with van der Waals surface area (Å²) < 4.78 is 10.6. The van der Waals surface area contributed by atoms with Gasteiger partial charge in [-0.15, -0.1) is 0 Å². The summed E-state index contributed by atoms with van der Waals surface area (Å²) in [6.07, 6.45) is -0.294. The van der Waals surface area contributed by atoms with Crippen molar-refractivity contribution in [1.29, 1.82) is 0 Å². The van der Waals surface area contributed by atoms with Crippen LogP contribution in [-0.2, 0) is 9.47 Å². The maximum atomic E-state index is 9.50. The van der Waals surface area contributed by atoms with E-state index in [0.29, 0.717) is 26.4 Å². The van der Waals surface area contributed by atoms with E-state index in [-0.39, 0.29) is 6.10 Å². The van der Waals surface area contributed by atoms with Gasteiger partial charge in [0.25, 0.3) is 0 Å². The van der Waals surface area contributed by atoms with Crippen LogP contribution in [0.1, 0.15) is 20.8 Å². The molecule has 0 aromatic heterocycles. The summed E-state index contributed by atoms with van der Waals surface area (Å²) in [4.78, 5) is 0. The van der Waals surface area contributed by atoms with Crippen molar-refractivity contribution in [2.75, 3.05) is 32.9 Å². The first-order chi connectivity index (χ1) is 7.52. The summed E-state index contributed by atoms with van der Waals surface area (Å²) in [5.74, 6) is 0. The highest BCUT2D eigenvalue weighted by atomic mass is 16.5. The minimum atomic E-state index is -0.455. The minimum absolute atomic E-state index is 0.161. The normalized spacial score (nSPS) is 13.1. The van der Waals surface area contributed by atoms with Crippen molar-refractivity contribution in [3.63, 3.8) is 0 Å². The third-order valence-electron chi connectivity index (χ3n) is 1.77. The average Bonchev–Trinajstić information content (AvgIpc) is 2.19. The Labute approximate surface area is 98.6 Å².